The number of halogens is 1. The fourth-order valence-electron chi connectivity index (χ4n) is 3.21. The summed E-state index contributed by atoms with van der Waals surface area (Å²) >= 11 is 5.98. The first-order valence-corrected chi connectivity index (χ1v) is 9.34. The minimum Gasteiger partial charge on any atom is -0.348 e. The van der Waals surface area contributed by atoms with Crippen molar-refractivity contribution < 1.29 is 14.4 Å². The first-order valence-electron chi connectivity index (χ1n) is 8.97. The molecule has 3 rings (SSSR count). The normalized spacial score (nSPS) is 20.1. The van der Waals surface area contributed by atoms with Crippen LogP contribution in [0.5, 0.6) is 0 Å². The third-order valence-corrected chi connectivity index (χ3v) is 5.17. The third kappa shape index (κ3) is 3.87. The molecule has 0 aliphatic carbocycles. The van der Waals surface area contributed by atoms with E-state index in [0.29, 0.717) is 10.6 Å². The molecule has 0 aromatic heterocycles. The fraction of sp³-hybridized carbons (Fsp3) is 0.286. The van der Waals surface area contributed by atoms with E-state index >= 15 is 0 Å². The molecule has 6 nitrogen and oxygen atoms in total. The van der Waals surface area contributed by atoms with E-state index in [9.17, 15) is 14.4 Å². The van der Waals surface area contributed by atoms with E-state index in [1.165, 1.54) is 0 Å². The molecule has 1 fully saturated rings. The Bertz CT molecular complexity index is 929. The van der Waals surface area contributed by atoms with Crippen molar-refractivity contribution in [1.82, 2.24) is 15.5 Å². The van der Waals surface area contributed by atoms with E-state index in [2.05, 4.69) is 10.6 Å². The number of urea groups is 1. The van der Waals surface area contributed by atoms with Crippen LogP contribution in [0.3, 0.4) is 0 Å². The van der Waals surface area contributed by atoms with Crippen molar-refractivity contribution in [2.45, 2.75) is 32.4 Å². The first kappa shape index (κ1) is 19.9. The van der Waals surface area contributed by atoms with Gasteiger partial charge in [0.05, 0.1) is 6.04 Å². The largest absolute Gasteiger partial charge is 0.348 e. The fourth-order valence-corrected chi connectivity index (χ4v) is 3.41. The van der Waals surface area contributed by atoms with Crippen molar-refractivity contribution in [3.63, 3.8) is 0 Å². The van der Waals surface area contributed by atoms with Crippen LogP contribution in [-0.4, -0.2) is 29.3 Å². The zero-order valence-corrected chi connectivity index (χ0v) is 16.7. The van der Waals surface area contributed by atoms with Crippen LogP contribution in [0.2, 0.25) is 5.02 Å². The molecule has 2 N–H and O–H groups in total. The number of carbonyl (C=O) groups is 3. The summed E-state index contributed by atoms with van der Waals surface area (Å²) in [6.45, 7) is 5.05. The molecule has 0 unspecified atom stereocenters. The van der Waals surface area contributed by atoms with Crippen LogP contribution in [0, 0.1) is 6.92 Å². The van der Waals surface area contributed by atoms with Crippen LogP contribution in [0.1, 0.15) is 36.6 Å². The highest BCUT2D eigenvalue weighted by Gasteiger charge is 2.49. The van der Waals surface area contributed by atoms with Crippen LogP contribution in [0.25, 0.3) is 0 Å². The zero-order valence-electron chi connectivity index (χ0n) is 16.0. The van der Waals surface area contributed by atoms with Crippen LogP contribution in [0.4, 0.5) is 4.79 Å². The molecule has 1 heterocycles. The van der Waals surface area contributed by atoms with Crippen LogP contribution in [0.15, 0.2) is 48.5 Å². The van der Waals surface area contributed by atoms with Gasteiger partial charge in [0.15, 0.2) is 0 Å². The Morgan fingerprint density at radius 1 is 1.21 bits per heavy atom. The molecule has 2 atom stereocenters. The summed E-state index contributed by atoms with van der Waals surface area (Å²) in [6, 6.07) is 13.6. The standard InChI is InChI=1S/C21H22ClN3O3/c1-13-7-9-16(10-8-13)21(3)19(27)25(20(28)24-21)12-18(26)23-14(2)15-5-4-6-17(22)11-15/h4-11,14H,12H2,1-3H3,(H,23,26)(H,24,28)/t14-,21-/m0/s1. The lowest BCUT2D eigenvalue weighted by Crippen LogP contribution is -2.43. The molecule has 0 spiro atoms. The lowest BCUT2D eigenvalue weighted by atomic mass is 9.91. The Labute approximate surface area is 168 Å². The van der Waals surface area contributed by atoms with E-state index in [1.54, 1.807) is 37.3 Å². The summed E-state index contributed by atoms with van der Waals surface area (Å²) in [5.74, 6) is -0.879. The number of aryl methyl sites for hydroxylation is 1. The van der Waals surface area contributed by atoms with Gasteiger partial charge in [-0.25, -0.2) is 4.79 Å². The monoisotopic (exact) mass is 399 g/mol. The maximum absolute atomic E-state index is 12.9. The van der Waals surface area contributed by atoms with Crippen molar-refractivity contribution in [2.24, 2.45) is 0 Å². The maximum atomic E-state index is 12.9. The van der Waals surface area contributed by atoms with Crippen molar-refractivity contribution in [1.29, 1.82) is 0 Å². The van der Waals surface area contributed by atoms with Gasteiger partial charge in [-0.3, -0.25) is 14.5 Å². The van der Waals surface area contributed by atoms with Gasteiger partial charge >= 0.3 is 6.03 Å². The molecule has 1 saturated heterocycles. The van der Waals surface area contributed by atoms with Gasteiger partial charge in [-0.05, 0) is 44.0 Å². The van der Waals surface area contributed by atoms with Gasteiger partial charge in [0.1, 0.15) is 12.1 Å². The second-order valence-corrected chi connectivity index (χ2v) is 7.59. The Morgan fingerprint density at radius 2 is 1.89 bits per heavy atom. The maximum Gasteiger partial charge on any atom is 0.325 e. The van der Waals surface area contributed by atoms with Crippen molar-refractivity contribution in [3.05, 3.63) is 70.2 Å². The van der Waals surface area contributed by atoms with Gasteiger partial charge < -0.3 is 10.6 Å². The summed E-state index contributed by atoms with van der Waals surface area (Å²) in [7, 11) is 0. The number of rotatable bonds is 5. The molecule has 7 heteroatoms. The smallest absolute Gasteiger partial charge is 0.325 e. The summed E-state index contributed by atoms with van der Waals surface area (Å²) < 4.78 is 0. The third-order valence-electron chi connectivity index (χ3n) is 4.93. The lowest BCUT2D eigenvalue weighted by molar-refractivity contribution is -0.135. The minimum atomic E-state index is -1.19. The predicted octanol–water partition coefficient (Wildman–Crippen LogP) is 3.29. The quantitative estimate of drug-likeness (QED) is 0.757. The van der Waals surface area contributed by atoms with Gasteiger partial charge in [0, 0.05) is 5.02 Å². The minimum absolute atomic E-state index is 0.310. The molecule has 0 radical (unpaired) electrons. The van der Waals surface area contributed by atoms with E-state index < -0.39 is 23.4 Å². The number of amides is 4. The van der Waals surface area contributed by atoms with E-state index in [4.69, 9.17) is 11.6 Å². The van der Waals surface area contributed by atoms with Gasteiger partial charge in [-0.2, -0.15) is 0 Å². The molecule has 1 aliphatic rings. The highest BCUT2D eigenvalue weighted by molar-refractivity contribution is 6.30. The average molecular weight is 400 g/mol. The zero-order chi connectivity index (χ0) is 20.5. The highest BCUT2D eigenvalue weighted by Crippen LogP contribution is 2.29. The van der Waals surface area contributed by atoms with E-state index in [-0.39, 0.29) is 12.6 Å². The molecular formula is C21H22ClN3O3. The molecular weight excluding hydrogens is 378 g/mol. The number of nitrogens with zero attached hydrogens (tertiary/aromatic N) is 1. The molecule has 0 saturated carbocycles. The Morgan fingerprint density at radius 3 is 2.54 bits per heavy atom. The van der Waals surface area contributed by atoms with Gasteiger partial charge in [-0.15, -0.1) is 0 Å². The number of nitrogens with one attached hydrogen (secondary N) is 2. The SMILES string of the molecule is Cc1ccc([C@]2(C)NC(=O)N(CC(=O)N[C@@H](C)c3cccc(Cl)c3)C2=O)cc1. The average Bonchev–Trinajstić information content (AvgIpc) is 2.86. The summed E-state index contributed by atoms with van der Waals surface area (Å²) in [5.41, 5.74) is 1.37. The molecule has 4 amide bonds. The van der Waals surface area contributed by atoms with Gasteiger partial charge in [0.25, 0.3) is 5.91 Å². The van der Waals surface area contributed by atoms with Gasteiger partial charge in [-0.1, -0.05) is 53.6 Å². The van der Waals surface area contributed by atoms with Crippen molar-refractivity contribution in [3.8, 4) is 0 Å². The molecule has 1 aliphatic heterocycles. The molecule has 146 valence electrons. The Balaban J connectivity index is 1.70. The predicted molar refractivity (Wildman–Crippen MR) is 107 cm³/mol. The summed E-state index contributed by atoms with van der Waals surface area (Å²) in [5, 5.41) is 6.07. The molecule has 28 heavy (non-hydrogen) atoms. The number of hydrogen-bond donors (Lipinski definition) is 2. The van der Waals surface area contributed by atoms with Crippen LogP contribution >= 0.6 is 11.6 Å². The summed E-state index contributed by atoms with van der Waals surface area (Å²) in [6.07, 6.45) is 0. The first-order chi connectivity index (χ1) is 13.2. The topological polar surface area (TPSA) is 78.5 Å². The van der Waals surface area contributed by atoms with Crippen molar-refractivity contribution >= 4 is 29.4 Å². The lowest BCUT2D eigenvalue weighted by Gasteiger charge is -2.22. The second kappa shape index (κ2) is 7.64. The van der Waals surface area contributed by atoms with Crippen LogP contribution < -0.4 is 10.6 Å². The highest BCUT2D eigenvalue weighted by atomic mass is 35.5. The number of imide groups is 1. The van der Waals surface area contributed by atoms with Crippen molar-refractivity contribution in [2.75, 3.05) is 6.54 Å². The summed E-state index contributed by atoms with van der Waals surface area (Å²) in [4.78, 5) is 38.7. The number of carbonyl (C=O) groups excluding carboxylic acids is 3. The molecule has 0 bridgehead atoms. The number of hydrogen-bond acceptors (Lipinski definition) is 3. The van der Waals surface area contributed by atoms with Gasteiger partial charge in [0.2, 0.25) is 5.91 Å². The Hall–Kier alpha value is -2.86. The molecule has 2 aromatic carbocycles. The van der Waals surface area contributed by atoms with E-state index in [1.807, 2.05) is 32.0 Å². The second-order valence-electron chi connectivity index (χ2n) is 7.16. The van der Waals surface area contributed by atoms with Crippen LogP contribution in [-0.2, 0) is 15.1 Å². The molecule has 2 aromatic rings. The number of benzene rings is 2. The Kier molecular flexibility index (Phi) is 5.42. The van der Waals surface area contributed by atoms with E-state index in [0.717, 1.165) is 16.0 Å².